The van der Waals surface area contributed by atoms with Gasteiger partial charge in [-0.15, -0.1) is 0 Å². The van der Waals surface area contributed by atoms with Crippen molar-refractivity contribution in [3.63, 3.8) is 0 Å². The molecule has 0 saturated carbocycles. The van der Waals surface area contributed by atoms with Gasteiger partial charge in [0.25, 0.3) is 0 Å². The van der Waals surface area contributed by atoms with E-state index in [1.165, 1.54) is 0 Å². The largest absolute Gasteiger partial charge is 0.453 e. The maximum absolute atomic E-state index is 13.6. The molecular weight excluding hydrogens is 390 g/mol. The van der Waals surface area contributed by atoms with Crippen LogP contribution in [-0.2, 0) is 17.8 Å². The van der Waals surface area contributed by atoms with Crippen LogP contribution in [0.15, 0.2) is 22.6 Å². The second kappa shape index (κ2) is 9.56. The summed E-state index contributed by atoms with van der Waals surface area (Å²) in [7, 11) is 0. The highest BCUT2D eigenvalue weighted by Gasteiger charge is 2.37. The normalized spacial score (nSPS) is 19.4. The number of benzene rings is 1. The van der Waals surface area contributed by atoms with Crippen molar-refractivity contribution in [2.75, 3.05) is 0 Å². The van der Waals surface area contributed by atoms with Gasteiger partial charge in [0.2, 0.25) is 11.7 Å². The van der Waals surface area contributed by atoms with Crippen molar-refractivity contribution in [1.29, 1.82) is 0 Å². The van der Waals surface area contributed by atoms with E-state index in [0.717, 1.165) is 49.5 Å². The van der Waals surface area contributed by atoms with Crippen molar-refractivity contribution < 1.29 is 19.1 Å². The van der Waals surface area contributed by atoms with Gasteiger partial charge < -0.3 is 14.4 Å². The average molecular weight is 428 g/mol. The molecule has 1 aromatic carbocycles. The molecule has 5 heteroatoms. The van der Waals surface area contributed by atoms with Crippen LogP contribution >= 0.6 is 0 Å². The summed E-state index contributed by atoms with van der Waals surface area (Å²) in [6.45, 7) is 9.82. The number of ketones is 1. The number of nitrogens with zero attached hydrogens (tertiary/aromatic N) is 1. The summed E-state index contributed by atoms with van der Waals surface area (Å²) < 4.78 is 6.00. The SMILES string of the molecule is CCC[C@@H]1CC[C@H](CCC)N1C(=O)Cc1c(C(=O)C(C)(C)C)oc2ccc(CO)cc12. The van der Waals surface area contributed by atoms with E-state index in [-0.39, 0.29) is 42.6 Å². The van der Waals surface area contributed by atoms with E-state index in [4.69, 9.17) is 4.42 Å². The molecule has 31 heavy (non-hydrogen) atoms. The van der Waals surface area contributed by atoms with Crippen LogP contribution in [0.1, 0.15) is 94.8 Å². The number of fused-ring (bicyclic) bond motifs is 1. The molecule has 3 rings (SSSR count). The third-order valence-corrected chi connectivity index (χ3v) is 6.40. The summed E-state index contributed by atoms with van der Waals surface area (Å²) in [6, 6.07) is 5.98. The Labute approximate surface area is 185 Å². The van der Waals surface area contributed by atoms with Gasteiger partial charge in [0.15, 0.2) is 5.76 Å². The van der Waals surface area contributed by atoms with Crippen LogP contribution in [0.4, 0.5) is 0 Å². The Morgan fingerprint density at radius 1 is 1.10 bits per heavy atom. The van der Waals surface area contributed by atoms with E-state index >= 15 is 0 Å². The zero-order chi connectivity index (χ0) is 22.8. The van der Waals surface area contributed by atoms with E-state index in [0.29, 0.717) is 11.1 Å². The standard InChI is InChI=1S/C26H37NO4/c1-6-8-18-11-12-19(9-7-2)27(18)23(29)15-21-20-14-17(16-28)10-13-22(20)31-24(21)25(30)26(3,4)5/h10,13-14,18-19,28H,6-9,11-12,15-16H2,1-5H3/t18-,19+. The molecule has 2 atom stereocenters. The van der Waals surface area contributed by atoms with Crippen LogP contribution in [0.25, 0.3) is 11.0 Å². The van der Waals surface area contributed by atoms with Crippen molar-refractivity contribution >= 4 is 22.7 Å². The molecule has 2 heterocycles. The van der Waals surface area contributed by atoms with Gasteiger partial charge in [-0.2, -0.15) is 0 Å². The van der Waals surface area contributed by atoms with Gasteiger partial charge in [-0.05, 0) is 43.4 Å². The molecular formula is C26H37NO4. The Morgan fingerprint density at radius 3 is 2.23 bits per heavy atom. The molecule has 5 nitrogen and oxygen atoms in total. The number of hydrogen-bond donors (Lipinski definition) is 1. The molecule has 170 valence electrons. The lowest BCUT2D eigenvalue weighted by atomic mass is 9.87. The minimum Gasteiger partial charge on any atom is -0.453 e. The van der Waals surface area contributed by atoms with Crippen molar-refractivity contribution in [2.24, 2.45) is 5.41 Å². The number of Topliss-reactive ketones (excluding diaryl/α,β-unsaturated/α-hetero) is 1. The smallest absolute Gasteiger partial charge is 0.227 e. The van der Waals surface area contributed by atoms with E-state index in [1.807, 2.05) is 26.8 Å². The molecule has 2 aromatic rings. The highest BCUT2D eigenvalue weighted by atomic mass is 16.3. The van der Waals surface area contributed by atoms with Crippen molar-refractivity contribution in [2.45, 2.75) is 98.3 Å². The summed E-state index contributed by atoms with van der Waals surface area (Å²) in [4.78, 5) is 28.9. The number of carbonyl (C=O) groups is 2. The summed E-state index contributed by atoms with van der Waals surface area (Å²) >= 11 is 0. The van der Waals surface area contributed by atoms with E-state index in [1.54, 1.807) is 12.1 Å². The number of hydrogen-bond acceptors (Lipinski definition) is 4. The highest BCUT2D eigenvalue weighted by molar-refractivity contribution is 6.04. The molecule has 0 unspecified atom stereocenters. The fourth-order valence-electron chi connectivity index (χ4n) is 4.84. The number of likely N-dealkylation sites (tertiary alicyclic amines) is 1. The Kier molecular flexibility index (Phi) is 7.25. The topological polar surface area (TPSA) is 70.8 Å². The van der Waals surface area contributed by atoms with Gasteiger partial charge >= 0.3 is 0 Å². The van der Waals surface area contributed by atoms with Crippen LogP contribution in [0, 0.1) is 5.41 Å². The predicted octanol–water partition coefficient (Wildman–Crippen LogP) is 5.66. The minimum atomic E-state index is -0.616. The van der Waals surface area contributed by atoms with Crippen LogP contribution < -0.4 is 0 Å². The van der Waals surface area contributed by atoms with Crippen molar-refractivity contribution in [1.82, 2.24) is 4.90 Å². The monoisotopic (exact) mass is 427 g/mol. The highest BCUT2D eigenvalue weighted by Crippen LogP contribution is 2.35. The van der Waals surface area contributed by atoms with Crippen LogP contribution in [0.2, 0.25) is 0 Å². The first-order valence-corrected chi connectivity index (χ1v) is 11.7. The zero-order valence-electron chi connectivity index (χ0n) is 19.7. The molecule has 0 aliphatic carbocycles. The summed E-state index contributed by atoms with van der Waals surface area (Å²) in [5.41, 5.74) is 1.37. The third kappa shape index (κ3) is 4.87. The summed E-state index contributed by atoms with van der Waals surface area (Å²) in [5, 5.41) is 10.4. The fourth-order valence-corrected chi connectivity index (χ4v) is 4.84. The number of aliphatic hydroxyl groups is 1. The summed E-state index contributed by atoms with van der Waals surface area (Å²) in [6.07, 6.45) is 6.39. The predicted molar refractivity (Wildman–Crippen MR) is 123 cm³/mol. The molecule has 1 aliphatic rings. The second-order valence-electron chi connectivity index (χ2n) is 9.92. The van der Waals surface area contributed by atoms with Gasteiger partial charge in [0, 0.05) is 28.4 Å². The van der Waals surface area contributed by atoms with Crippen LogP contribution in [0.3, 0.4) is 0 Å². The molecule has 1 amide bonds. The second-order valence-corrected chi connectivity index (χ2v) is 9.92. The number of aliphatic hydroxyl groups excluding tert-OH is 1. The molecule has 1 N–H and O–H groups in total. The van der Waals surface area contributed by atoms with E-state index in [2.05, 4.69) is 18.7 Å². The molecule has 1 fully saturated rings. The fraction of sp³-hybridized carbons (Fsp3) is 0.615. The Hall–Kier alpha value is -2.14. The number of rotatable bonds is 8. The lowest BCUT2D eigenvalue weighted by Crippen LogP contribution is -2.42. The van der Waals surface area contributed by atoms with Gasteiger partial charge in [0.05, 0.1) is 13.0 Å². The van der Waals surface area contributed by atoms with Gasteiger partial charge in [-0.3, -0.25) is 9.59 Å². The van der Waals surface area contributed by atoms with Gasteiger partial charge in [-0.1, -0.05) is 53.5 Å². The Balaban J connectivity index is 2.03. The number of amides is 1. The summed E-state index contributed by atoms with van der Waals surface area (Å²) in [5.74, 6) is 0.257. The van der Waals surface area contributed by atoms with E-state index in [9.17, 15) is 14.7 Å². The molecule has 1 aliphatic heterocycles. The lowest BCUT2D eigenvalue weighted by molar-refractivity contribution is -0.133. The zero-order valence-corrected chi connectivity index (χ0v) is 19.7. The van der Waals surface area contributed by atoms with E-state index < -0.39 is 5.41 Å². The molecule has 0 bridgehead atoms. The quantitative estimate of drug-likeness (QED) is 0.552. The Morgan fingerprint density at radius 2 is 1.71 bits per heavy atom. The molecule has 1 saturated heterocycles. The lowest BCUT2D eigenvalue weighted by Gasteiger charge is -2.30. The maximum atomic E-state index is 13.6. The number of furan rings is 1. The first-order valence-electron chi connectivity index (χ1n) is 11.7. The Bertz CT molecular complexity index is 923. The van der Waals surface area contributed by atoms with Gasteiger partial charge in [0.1, 0.15) is 5.58 Å². The third-order valence-electron chi connectivity index (χ3n) is 6.40. The van der Waals surface area contributed by atoms with Crippen molar-refractivity contribution in [3.05, 3.63) is 35.1 Å². The molecule has 1 aromatic heterocycles. The number of carbonyl (C=O) groups excluding carboxylic acids is 2. The first-order chi connectivity index (χ1) is 14.7. The average Bonchev–Trinajstić information content (AvgIpc) is 3.28. The van der Waals surface area contributed by atoms with Gasteiger partial charge in [-0.25, -0.2) is 0 Å². The maximum Gasteiger partial charge on any atom is 0.227 e. The minimum absolute atomic E-state index is 0.0782. The molecule has 0 spiro atoms. The van der Waals surface area contributed by atoms with Crippen LogP contribution in [0.5, 0.6) is 0 Å². The first kappa shape index (κ1) is 23.5. The van der Waals surface area contributed by atoms with Crippen molar-refractivity contribution in [3.8, 4) is 0 Å². The van der Waals surface area contributed by atoms with Crippen LogP contribution in [-0.4, -0.2) is 33.8 Å². The molecule has 0 radical (unpaired) electrons.